The van der Waals surface area contributed by atoms with Gasteiger partial charge in [0.05, 0.1) is 19.3 Å². The third-order valence-corrected chi connectivity index (χ3v) is 8.26. The number of esters is 2. The Labute approximate surface area is 277 Å². The number of nitrogens with one attached hydrogen (secondary N) is 1. The summed E-state index contributed by atoms with van der Waals surface area (Å²) in [6.07, 6.45) is 3.18. The molecule has 2 amide bonds. The highest BCUT2D eigenvalue weighted by atomic mass is 16.6. The second kappa shape index (κ2) is 17.3. The maximum Gasteiger partial charge on any atom is 0.410 e. The van der Waals surface area contributed by atoms with Crippen molar-refractivity contribution in [1.82, 2.24) is 10.2 Å². The van der Waals surface area contributed by atoms with E-state index in [9.17, 15) is 19.2 Å². The molecule has 256 valence electrons. The summed E-state index contributed by atoms with van der Waals surface area (Å²) in [6, 6.07) is 15.5. The fourth-order valence-corrected chi connectivity index (χ4v) is 5.87. The second-order valence-electron chi connectivity index (χ2n) is 13.0. The number of piperidine rings is 1. The van der Waals surface area contributed by atoms with Crippen molar-refractivity contribution in [2.24, 2.45) is 5.92 Å². The Kier molecular flexibility index (Phi) is 13.2. The number of fused-ring (bicyclic) bond motifs is 1. The number of amides is 2. The number of ether oxygens (including phenoxy) is 4. The van der Waals surface area contributed by atoms with Crippen LogP contribution in [-0.2, 0) is 46.4 Å². The quantitative estimate of drug-likeness (QED) is 0.187. The van der Waals surface area contributed by atoms with E-state index < -0.39 is 29.6 Å². The number of aryl methyl sites for hydroxylation is 1. The maximum absolute atomic E-state index is 13.9. The smallest absolute Gasteiger partial charge is 0.410 e. The van der Waals surface area contributed by atoms with Crippen LogP contribution in [0.1, 0.15) is 64.5 Å². The lowest BCUT2D eigenvalue weighted by Crippen LogP contribution is -2.54. The fourth-order valence-electron chi connectivity index (χ4n) is 5.87. The Morgan fingerprint density at radius 2 is 1.66 bits per heavy atom. The fraction of sp³-hybridized carbons (Fsp3) is 0.556. The molecule has 2 heterocycles. The Hall–Kier alpha value is -3.96. The van der Waals surface area contributed by atoms with Gasteiger partial charge in [0.1, 0.15) is 24.8 Å². The molecule has 2 aliphatic rings. The van der Waals surface area contributed by atoms with E-state index in [1.165, 1.54) is 4.90 Å². The summed E-state index contributed by atoms with van der Waals surface area (Å²) in [5.41, 5.74) is 1.86. The highest BCUT2D eigenvalue weighted by Gasteiger charge is 2.35. The van der Waals surface area contributed by atoms with Gasteiger partial charge < -0.3 is 23.8 Å². The number of nitrogens with zero attached hydrogens (tertiary/aromatic N) is 2. The summed E-state index contributed by atoms with van der Waals surface area (Å²) in [6.45, 7) is 8.99. The van der Waals surface area contributed by atoms with Crippen molar-refractivity contribution in [3.8, 4) is 0 Å². The van der Waals surface area contributed by atoms with E-state index >= 15 is 0 Å². The van der Waals surface area contributed by atoms with Crippen LogP contribution in [0.4, 0.5) is 10.5 Å². The molecular formula is C36H49N3O8. The van der Waals surface area contributed by atoms with Gasteiger partial charge in [0, 0.05) is 25.4 Å². The van der Waals surface area contributed by atoms with Crippen LogP contribution in [0.5, 0.6) is 0 Å². The van der Waals surface area contributed by atoms with E-state index in [0.717, 1.165) is 30.4 Å². The molecule has 0 radical (unpaired) electrons. The monoisotopic (exact) mass is 651 g/mol. The van der Waals surface area contributed by atoms with Gasteiger partial charge >= 0.3 is 18.0 Å². The minimum atomic E-state index is -0.866. The number of rotatable bonds is 13. The SMILES string of the molecule is CCOC(=O)[C@H](COCCC1CCN(C(=O)OCc2ccccc2)CC1)NC1CCc2ccccc2N(CC(=O)OC(C)(C)C)C1=O. The molecular weight excluding hydrogens is 602 g/mol. The average molecular weight is 652 g/mol. The van der Waals surface area contributed by atoms with Gasteiger partial charge in [-0.1, -0.05) is 48.5 Å². The molecule has 11 heteroatoms. The summed E-state index contributed by atoms with van der Waals surface area (Å²) < 4.78 is 22.3. The van der Waals surface area contributed by atoms with Crippen LogP contribution in [0.2, 0.25) is 0 Å². The molecule has 1 N–H and O–H groups in total. The van der Waals surface area contributed by atoms with Crippen LogP contribution in [0, 0.1) is 5.92 Å². The Bertz CT molecular complexity index is 1340. The molecule has 2 atom stereocenters. The number of carbonyl (C=O) groups excluding carboxylic acids is 4. The van der Waals surface area contributed by atoms with Crippen molar-refractivity contribution in [3.63, 3.8) is 0 Å². The van der Waals surface area contributed by atoms with E-state index in [1.807, 2.05) is 54.6 Å². The van der Waals surface area contributed by atoms with Crippen molar-refractivity contribution in [3.05, 3.63) is 65.7 Å². The minimum Gasteiger partial charge on any atom is -0.465 e. The number of para-hydroxylation sites is 1. The van der Waals surface area contributed by atoms with Gasteiger partial charge in [-0.3, -0.25) is 24.6 Å². The summed E-state index contributed by atoms with van der Waals surface area (Å²) in [5, 5.41) is 3.20. The third-order valence-electron chi connectivity index (χ3n) is 8.26. The molecule has 1 unspecified atom stereocenters. The molecule has 2 aromatic carbocycles. The molecule has 2 aromatic rings. The number of carbonyl (C=O) groups is 4. The second-order valence-corrected chi connectivity index (χ2v) is 13.0. The zero-order valence-corrected chi connectivity index (χ0v) is 28.1. The summed E-state index contributed by atoms with van der Waals surface area (Å²) in [4.78, 5) is 55.3. The molecule has 11 nitrogen and oxygen atoms in total. The average Bonchev–Trinajstić information content (AvgIpc) is 3.17. The van der Waals surface area contributed by atoms with Crippen LogP contribution in [0.25, 0.3) is 0 Å². The number of hydrogen-bond donors (Lipinski definition) is 1. The van der Waals surface area contributed by atoms with Gasteiger partial charge in [-0.2, -0.15) is 0 Å². The maximum atomic E-state index is 13.9. The lowest BCUT2D eigenvalue weighted by atomic mass is 9.94. The molecule has 0 spiro atoms. The number of likely N-dealkylation sites (tertiary alicyclic amines) is 1. The lowest BCUT2D eigenvalue weighted by Gasteiger charge is -2.31. The zero-order chi connectivity index (χ0) is 33.8. The molecule has 0 bridgehead atoms. The molecule has 47 heavy (non-hydrogen) atoms. The van der Waals surface area contributed by atoms with Gasteiger partial charge in [-0.05, 0) is 82.9 Å². The predicted molar refractivity (Wildman–Crippen MR) is 177 cm³/mol. The first-order chi connectivity index (χ1) is 22.5. The van der Waals surface area contributed by atoms with E-state index in [-0.39, 0.29) is 38.4 Å². The molecule has 0 saturated carbocycles. The van der Waals surface area contributed by atoms with Crippen molar-refractivity contribution < 1.29 is 38.1 Å². The first-order valence-corrected chi connectivity index (χ1v) is 16.6. The number of benzene rings is 2. The van der Waals surface area contributed by atoms with Gasteiger partial charge in [-0.25, -0.2) is 4.79 Å². The molecule has 0 aliphatic carbocycles. The Morgan fingerprint density at radius 3 is 2.36 bits per heavy atom. The highest BCUT2D eigenvalue weighted by molar-refractivity contribution is 6.02. The zero-order valence-electron chi connectivity index (χ0n) is 28.1. The van der Waals surface area contributed by atoms with Crippen LogP contribution >= 0.6 is 0 Å². The predicted octanol–water partition coefficient (Wildman–Crippen LogP) is 4.65. The molecule has 2 aliphatic heterocycles. The minimum absolute atomic E-state index is 0.0340. The van der Waals surface area contributed by atoms with Crippen molar-refractivity contribution in [2.45, 2.75) is 84.1 Å². The molecule has 1 fully saturated rings. The molecule has 1 saturated heterocycles. The highest BCUT2D eigenvalue weighted by Crippen LogP contribution is 2.28. The van der Waals surface area contributed by atoms with Gasteiger partial charge in [-0.15, -0.1) is 0 Å². The number of anilines is 1. The molecule has 4 rings (SSSR count). The van der Waals surface area contributed by atoms with Crippen molar-refractivity contribution >= 4 is 29.6 Å². The first kappa shape index (κ1) is 35.9. The van der Waals surface area contributed by atoms with E-state index in [4.69, 9.17) is 18.9 Å². The standard InChI is InChI=1S/C36H49N3O8/c1-5-45-34(42)30(25-44-22-19-26-17-20-38(21-18-26)35(43)46-24-27-11-7-6-8-12-27)37-29-16-15-28-13-9-10-14-31(28)39(33(29)41)23-32(40)47-36(2,3)4/h6-14,26,29-30,37H,5,15-25H2,1-4H3/t29?,30-/m0/s1. The Balaban J connectivity index is 1.28. The van der Waals surface area contributed by atoms with Crippen molar-refractivity contribution in [1.29, 1.82) is 0 Å². The third kappa shape index (κ3) is 11.1. The van der Waals surface area contributed by atoms with E-state index in [0.29, 0.717) is 44.1 Å². The molecule has 0 aromatic heterocycles. The van der Waals surface area contributed by atoms with Crippen LogP contribution < -0.4 is 10.2 Å². The Morgan fingerprint density at radius 1 is 0.957 bits per heavy atom. The lowest BCUT2D eigenvalue weighted by molar-refractivity contribution is -0.154. The number of hydrogen-bond acceptors (Lipinski definition) is 9. The van der Waals surface area contributed by atoms with Crippen LogP contribution in [0.15, 0.2) is 54.6 Å². The first-order valence-electron chi connectivity index (χ1n) is 16.6. The largest absolute Gasteiger partial charge is 0.465 e. The van der Waals surface area contributed by atoms with E-state index in [2.05, 4.69) is 5.32 Å². The van der Waals surface area contributed by atoms with Gasteiger partial charge in [0.2, 0.25) is 5.91 Å². The van der Waals surface area contributed by atoms with E-state index in [1.54, 1.807) is 32.6 Å². The van der Waals surface area contributed by atoms with Crippen LogP contribution in [-0.4, -0.2) is 86.0 Å². The van der Waals surface area contributed by atoms with Crippen LogP contribution in [0.3, 0.4) is 0 Å². The summed E-state index contributed by atoms with van der Waals surface area (Å²) >= 11 is 0. The summed E-state index contributed by atoms with van der Waals surface area (Å²) in [5.74, 6) is -0.945. The topological polar surface area (TPSA) is 124 Å². The summed E-state index contributed by atoms with van der Waals surface area (Å²) in [7, 11) is 0. The van der Waals surface area contributed by atoms with Gasteiger partial charge in [0.15, 0.2) is 0 Å². The normalized spacial score (nSPS) is 17.8. The van der Waals surface area contributed by atoms with Crippen molar-refractivity contribution in [2.75, 3.05) is 44.4 Å². The van der Waals surface area contributed by atoms with Gasteiger partial charge in [0.25, 0.3) is 0 Å².